The lowest BCUT2D eigenvalue weighted by atomic mass is 10.2. The molecule has 18 heavy (non-hydrogen) atoms. The Morgan fingerprint density at radius 3 is 2.00 bits per heavy atom. The Morgan fingerprint density at radius 2 is 1.50 bits per heavy atom. The van der Waals surface area contributed by atoms with Gasteiger partial charge in [-0.2, -0.15) is 4.89 Å². The van der Waals surface area contributed by atoms with Crippen LogP contribution < -0.4 is 0 Å². The summed E-state index contributed by atoms with van der Waals surface area (Å²) in [6, 6.07) is 8.75. The van der Waals surface area contributed by atoms with Gasteiger partial charge in [0.15, 0.2) is 0 Å². The van der Waals surface area contributed by atoms with E-state index in [1.165, 1.54) is 0 Å². The second-order valence-corrected chi connectivity index (χ2v) is 5.43. The summed E-state index contributed by atoms with van der Waals surface area (Å²) in [5, 5.41) is 0. The second kappa shape index (κ2) is 5.50. The third-order valence-electron chi connectivity index (χ3n) is 1.84. The highest BCUT2D eigenvalue weighted by molar-refractivity contribution is 5.89. The molecular formula is C14H20O4. The highest BCUT2D eigenvalue weighted by Gasteiger charge is 2.28. The van der Waals surface area contributed by atoms with Gasteiger partial charge in [0, 0.05) is 13.8 Å². The first-order valence-electron chi connectivity index (χ1n) is 5.85. The zero-order valence-electron chi connectivity index (χ0n) is 11.5. The molecule has 4 nitrogen and oxygen atoms in total. The van der Waals surface area contributed by atoms with Crippen LogP contribution in [0.5, 0.6) is 0 Å². The van der Waals surface area contributed by atoms with E-state index >= 15 is 0 Å². The molecule has 1 rings (SSSR count). The van der Waals surface area contributed by atoms with E-state index in [9.17, 15) is 4.79 Å². The summed E-state index contributed by atoms with van der Waals surface area (Å²) < 4.78 is 5.23. The van der Waals surface area contributed by atoms with Gasteiger partial charge < -0.3 is 4.74 Å². The fourth-order valence-corrected chi connectivity index (χ4v) is 1.10. The van der Waals surface area contributed by atoms with E-state index in [2.05, 4.69) is 0 Å². The quantitative estimate of drug-likeness (QED) is 0.357. The molecule has 1 aromatic rings. The largest absolute Gasteiger partial charge is 0.427 e. The molecule has 0 bridgehead atoms. The molecule has 0 aromatic heterocycles. The van der Waals surface area contributed by atoms with Crippen LogP contribution in [0.1, 0.15) is 45.0 Å². The highest BCUT2D eigenvalue weighted by atomic mass is 17.2. The van der Waals surface area contributed by atoms with Crippen LogP contribution in [0.2, 0.25) is 0 Å². The van der Waals surface area contributed by atoms with Crippen molar-refractivity contribution in [1.29, 1.82) is 0 Å². The average molecular weight is 252 g/mol. The van der Waals surface area contributed by atoms with Gasteiger partial charge in [0.2, 0.25) is 5.79 Å². The molecule has 0 N–H and O–H groups in total. The maximum Gasteiger partial charge on any atom is 0.340 e. The van der Waals surface area contributed by atoms with Crippen molar-refractivity contribution in [3.8, 4) is 0 Å². The van der Waals surface area contributed by atoms with Crippen LogP contribution in [0, 0.1) is 0 Å². The van der Waals surface area contributed by atoms with E-state index in [0.29, 0.717) is 5.56 Å². The minimum absolute atomic E-state index is 0.446. The van der Waals surface area contributed by atoms with Crippen LogP contribution in [0.3, 0.4) is 0 Å². The van der Waals surface area contributed by atoms with Gasteiger partial charge in [-0.25, -0.2) is 9.68 Å². The molecular weight excluding hydrogens is 232 g/mol. The molecule has 0 spiro atoms. The highest BCUT2D eigenvalue weighted by Crippen LogP contribution is 2.19. The lowest BCUT2D eigenvalue weighted by Gasteiger charge is -2.28. The van der Waals surface area contributed by atoms with Gasteiger partial charge in [-0.05, 0) is 32.9 Å². The molecule has 4 heteroatoms. The van der Waals surface area contributed by atoms with Gasteiger partial charge in [-0.1, -0.05) is 18.2 Å². The van der Waals surface area contributed by atoms with E-state index in [4.69, 9.17) is 14.5 Å². The molecule has 0 amide bonds. The summed E-state index contributed by atoms with van der Waals surface area (Å²) in [5.41, 5.74) is 0.0149. The monoisotopic (exact) mass is 252 g/mol. The molecule has 0 aliphatic heterocycles. The van der Waals surface area contributed by atoms with Crippen molar-refractivity contribution in [2.24, 2.45) is 0 Å². The van der Waals surface area contributed by atoms with Crippen LogP contribution in [0.15, 0.2) is 30.3 Å². The van der Waals surface area contributed by atoms with Crippen molar-refractivity contribution in [2.45, 2.75) is 46.0 Å². The van der Waals surface area contributed by atoms with Crippen molar-refractivity contribution < 1.29 is 19.3 Å². The smallest absolute Gasteiger partial charge is 0.340 e. The first kappa shape index (κ1) is 14.7. The summed E-state index contributed by atoms with van der Waals surface area (Å²) in [6.07, 6.45) is 0. The summed E-state index contributed by atoms with van der Waals surface area (Å²) in [4.78, 5) is 22.1. The number of ether oxygens (including phenoxy) is 1. The number of benzene rings is 1. The van der Waals surface area contributed by atoms with Crippen LogP contribution in [-0.4, -0.2) is 17.4 Å². The first-order chi connectivity index (χ1) is 8.20. The summed E-state index contributed by atoms with van der Waals surface area (Å²) in [7, 11) is 0. The number of carbonyl (C=O) groups excluding carboxylic acids is 1. The van der Waals surface area contributed by atoms with E-state index in [1.54, 1.807) is 38.1 Å². The molecule has 0 aliphatic carbocycles. The number of hydrogen-bond acceptors (Lipinski definition) is 4. The number of rotatable bonds is 4. The minimum atomic E-state index is -1.14. The van der Waals surface area contributed by atoms with Crippen LogP contribution in [-0.2, 0) is 14.5 Å². The SMILES string of the molecule is CC(C)(C)OOC(C)(C)OC(=O)c1ccccc1. The summed E-state index contributed by atoms with van der Waals surface area (Å²) in [5.74, 6) is -1.58. The Bertz CT molecular complexity index is 390. The van der Waals surface area contributed by atoms with Crippen LogP contribution in [0.25, 0.3) is 0 Å². The average Bonchev–Trinajstić information content (AvgIpc) is 2.26. The van der Waals surface area contributed by atoms with Crippen LogP contribution in [0.4, 0.5) is 0 Å². The fourth-order valence-electron chi connectivity index (χ4n) is 1.10. The number of hydrogen-bond donors (Lipinski definition) is 0. The molecule has 0 aliphatic rings. The second-order valence-electron chi connectivity index (χ2n) is 5.43. The van der Waals surface area contributed by atoms with E-state index in [-0.39, 0.29) is 0 Å². The normalized spacial score (nSPS) is 12.3. The van der Waals surface area contributed by atoms with Crippen molar-refractivity contribution >= 4 is 5.97 Å². The number of esters is 1. The van der Waals surface area contributed by atoms with Gasteiger partial charge in [-0.3, -0.25) is 0 Å². The topological polar surface area (TPSA) is 44.8 Å². The lowest BCUT2D eigenvalue weighted by Crippen LogP contribution is -2.35. The molecule has 0 heterocycles. The summed E-state index contributed by atoms with van der Waals surface area (Å²) >= 11 is 0. The maximum absolute atomic E-state index is 11.8. The molecule has 1 aromatic carbocycles. The van der Waals surface area contributed by atoms with Gasteiger partial charge in [0.1, 0.15) is 0 Å². The molecule has 0 unspecified atom stereocenters. The standard InChI is InChI=1S/C14H20O4/c1-13(2,3)17-18-14(4,5)16-12(15)11-9-7-6-8-10-11/h6-10H,1-5H3. The Morgan fingerprint density at radius 1 is 0.944 bits per heavy atom. The number of carbonyl (C=O) groups is 1. The molecule has 0 radical (unpaired) electrons. The van der Waals surface area contributed by atoms with Gasteiger partial charge in [0.25, 0.3) is 0 Å². The zero-order chi connectivity index (χ0) is 13.8. The van der Waals surface area contributed by atoms with Crippen LogP contribution >= 0.6 is 0 Å². The predicted molar refractivity (Wildman–Crippen MR) is 67.9 cm³/mol. The van der Waals surface area contributed by atoms with Crippen molar-refractivity contribution in [3.05, 3.63) is 35.9 Å². The van der Waals surface area contributed by atoms with E-state index in [1.807, 2.05) is 26.8 Å². The molecule has 0 fully saturated rings. The Balaban J connectivity index is 2.58. The third kappa shape index (κ3) is 5.29. The molecule has 100 valence electrons. The maximum atomic E-state index is 11.8. The van der Waals surface area contributed by atoms with Crippen molar-refractivity contribution in [2.75, 3.05) is 0 Å². The molecule has 0 saturated heterocycles. The minimum Gasteiger partial charge on any atom is -0.427 e. The lowest BCUT2D eigenvalue weighted by molar-refractivity contribution is -0.439. The summed E-state index contributed by atoms with van der Waals surface area (Å²) in [6.45, 7) is 8.80. The molecule has 0 atom stereocenters. The Kier molecular flexibility index (Phi) is 4.48. The van der Waals surface area contributed by atoms with Crippen molar-refractivity contribution in [1.82, 2.24) is 0 Å². The first-order valence-corrected chi connectivity index (χ1v) is 5.85. The van der Waals surface area contributed by atoms with Gasteiger partial charge in [-0.15, -0.1) is 0 Å². The predicted octanol–water partition coefficient (Wildman–Crippen LogP) is 3.33. The van der Waals surface area contributed by atoms with E-state index < -0.39 is 17.4 Å². The fraction of sp³-hybridized carbons (Fsp3) is 0.500. The molecule has 0 saturated carbocycles. The Labute approximate surface area is 108 Å². The Hall–Kier alpha value is -1.39. The van der Waals surface area contributed by atoms with E-state index in [0.717, 1.165) is 0 Å². The van der Waals surface area contributed by atoms with Crippen molar-refractivity contribution in [3.63, 3.8) is 0 Å². The van der Waals surface area contributed by atoms with Gasteiger partial charge in [0.05, 0.1) is 11.2 Å². The zero-order valence-corrected chi connectivity index (χ0v) is 11.5. The van der Waals surface area contributed by atoms with Gasteiger partial charge >= 0.3 is 5.97 Å². The third-order valence-corrected chi connectivity index (χ3v) is 1.84.